The van der Waals surface area contributed by atoms with Gasteiger partial charge in [-0.1, -0.05) is 30.3 Å². The molecule has 0 bridgehead atoms. The molecule has 1 fully saturated rings. The first-order valence-electron chi connectivity index (χ1n) is 7.44. The summed E-state index contributed by atoms with van der Waals surface area (Å²) in [4.78, 5) is 12.8. The minimum atomic E-state index is -4.77. The first-order chi connectivity index (χ1) is 11.3. The molecule has 1 aromatic heterocycles. The Balaban J connectivity index is 1.80. The number of nitrogens with one attached hydrogen (secondary N) is 1. The molecular weight excluding hydrogens is 323 g/mol. The number of rotatable bonds is 4. The molecule has 1 saturated heterocycles. The molecule has 8 heteroatoms. The van der Waals surface area contributed by atoms with Crippen molar-refractivity contribution < 1.29 is 23.1 Å². The molecule has 1 atom stereocenters. The fourth-order valence-corrected chi connectivity index (χ4v) is 3.08. The number of carboxylic acids is 1. The van der Waals surface area contributed by atoms with E-state index in [1.165, 1.54) is 4.90 Å². The Kier molecular flexibility index (Phi) is 4.08. The molecule has 1 unspecified atom stereocenters. The monoisotopic (exact) mass is 339 g/mol. The highest BCUT2D eigenvalue weighted by atomic mass is 19.4. The number of aromatic nitrogens is 2. The third kappa shape index (κ3) is 2.77. The number of alkyl halides is 3. The van der Waals surface area contributed by atoms with Gasteiger partial charge >= 0.3 is 12.1 Å². The van der Waals surface area contributed by atoms with Crippen molar-refractivity contribution in [3.8, 4) is 11.3 Å². The number of aromatic amines is 1. The topological polar surface area (TPSA) is 69.2 Å². The van der Waals surface area contributed by atoms with Crippen LogP contribution in [-0.2, 0) is 11.3 Å². The first-order valence-corrected chi connectivity index (χ1v) is 7.44. The number of aliphatic carboxylic acids is 1. The van der Waals surface area contributed by atoms with Gasteiger partial charge in [0.1, 0.15) is 0 Å². The minimum Gasteiger partial charge on any atom is -0.481 e. The van der Waals surface area contributed by atoms with Crippen LogP contribution in [0.4, 0.5) is 13.2 Å². The number of halogens is 3. The van der Waals surface area contributed by atoms with Gasteiger partial charge in [0.05, 0.1) is 11.9 Å². The van der Waals surface area contributed by atoms with Gasteiger partial charge in [-0.05, 0) is 12.0 Å². The maximum atomic E-state index is 13.2. The predicted octanol–water partition coefficient (Wildman–Crippen LogP) is 2.92. The molecule has 0 radical (unpaired) electrons. The molecule has 1 aromatic carbocycles. The van der Waals surface area contributed by atoms with Crippen LogP contribution in [0.15, 0.2) is 36.5 Å². The molecule has 0 amide bonds. The lowest BCUT2D eigenvalue weighted by Crippen LogP contribution is -2.47. The van der Waals surface area contributed by atoms with Crippen molar-refractivity contribution in [2.24, 2.45) is 5.41 Å². The van der Waals surface area contributed by atoms with Crippen LogP contribution >= 0.6 is 0 Å². The van der Waals surface area contributed by atoms with Crippen molar-refractivity contribution in [2.75, 3.05) is 13.1 Å². The molecule has 0 saturated carbocycles. The van der Waals surface area contributed by atoms with Gasteiger partial charge in [0.15, 0.2) is 5.41 Å². The highest BCUT2D eigenvalue weighted by molar-refractivity contribution is 5.76. The van der Waals surface area contributed by atoms with Crippen molar-refractivity contribution in [2.45, 2.75) is 19.1 Å². The molecule has 1 aliphatic heterocycles. The lowest BCUT2D eigenvalue weighted by molar-refractivity contribution is -0.227. The molecule has 2 N–H and O–H groups in total. The number of benzene rings is 1. The van der Waals surface area contributed by atoms with Crippen molar-refractivity contribution in [1.29, 1.82) is 0 Å². The van der Waals surface area contributed by atoms with E-state index in [1.54, 1.807) is 6.20 Å². The highest BCUT2D eigenvalue weighted by Crippen LogP contribution is 2.46. The van der Waals surface area contributed by atoms with Crippen LogP contribution < -0.4 is 0 Å². The molecule has 24 heavy (non-hydrogen) atoms. The summed E-state index contributed by atoms with van der Waals surface area (Å²) in [7, 11) is 0. The fourth-order valence-electron chi connectivity index (χ4n) is 3.08. The van der Waals surface area contributed by atoms with Crippen LogP contribution in [0, 0.1) is 5.41 Å². The van der Waals surface area contributed by atoms with Gasteiger partial charge in [-0.2, -0.15) is 18.3 Å². The first kappa shape index (κ1) is 16.5. The molecule has 2 heterocycles. The summed E-state index contributed by atoms with van der Waals surface area (Å²) in [6.45, 7) is -0.262. The van der Waals surface area contributed by atoms with Gasteiger partial charge in [-0.15, -0.1) is 0 Å². The van der Waals surface area contributed by atoms with Crippen LogP contribution in [-0.4, -0.2) is 45.4 Å². The van der Waals surface area contributed by atoms with Crippen LogP contribution in [0.25, 0.3) is 11.3 Å². The number of likely N-dealkylation sites (tertiary alicyclic amines) is 1. The van der Waals surface area contributed by atoms with E-state index in [9.17, 15) is 18.0 Å². The van der Waals surface area contributed by atoms with Crippen molar-refractivity contribution in [1.82, 2.24) is 15.1 Å². The zero-order chi connectivity index (χ0) is 17.4. The highest BCUT2D eigenvalue weighted by Gasteiger charge is 2.63. The number of carboxylic acid groups (broad SMARTS) is 1. The number of H-pyrrole nitrogens is 1. The molecule has 5 nitrogen and oxygen atoms in total. The second-order valence-electron chi connectivity index (χ2n) is 5.98. The minimum absolute atomic E-state index is 0.0746. The zero-order valence-corrected chi connectivity index (χ0v) is 12.7. The van der Waals surface area contributed by atoms with E-state index in [0.717, 1.165) is 16.8 Å². The molecule has 0 spiro atoms. The van der Waals surface area contributed by atoms with E-state index in [4.69, 9.17) is 5.11 Å². The average Bonchev–Trinajstić information content (AvgIpc) is 3.15. The van der Waals surface area contributed by atoms with Gasteiger partial charge in [0, 0.05) is 25.2 Å². The Hall–Kier alpha value is -2.35. The lowest BCUT2D eigenvalue weighted by Gasteiger charge is -2.27. The summed E-state index contributed by atoms with van der Waals surface area (Å²) in [6.07, 6.45) is -3.65. The smallest absolute Gasteiger partial charge is 0.406 e. The maximum Gasteiger partial charge on any atom is 0.406 e. The summed E-state index contributed by atoms with van der Waals surface area (Å²) in [5.74, 6) is -1.81. The lowest BCUT2D eigenvalue weighted by atomic mass is 9.86. The Morgan fingerprint density at radius 1 is 1.33 bits per heavy atom. The average molecular weight is 339 g/mol. The molecule has 3 rings (SSSR count). The predicted molar refractivity (Wildman–Crippen MR) is 80.0 cm³/mol. The number of hydrogen-bond donors (Lipinski definition) is 2. The molecular formula is C16H16F3N3O2. The van der Waals surface area contributed by atoms with Gasteiger partial charge in [0.2, 0.25) is 0 Å². The molecule has 0 aliphatic carbocycles. The standard InChI is InChI=1S/C16H16F3N3O2/c17-16(18,19)15(14(23)24)6-7-22(10-15)9-12-8-20-21-13(12)11-4-2-1-3-5-11/h1-5,8H,6-7,9-10H2,(H,20,21)(H,23,24). The second-order valence-corrected chi connectivity index (χ2v) is 5.98. The number of nitrogens with zero attached hydrogens (tertiary/aromatic N) is 2. The van der Waals surface area contributed by atoms with E-state index in [0.29, 0.717) is 0 Å². The zero-order valence-electron chi connectivity index (χ0n) is 12.7. The van der Waals surface area contributed by atoms with E-state index >= 15 is 0 Å². The third-order valence-corrected chi connectivity index (χ3v) is 4.47. The number of carbonyl (C=O) groups is 1. The van der Waals surface area contributed by atoms with E-state index < -0.39 is 30.5 Å². The molecule has 2 aromatic rings. The third-order valence-electron chi connectivity index (χ3n) is 4.47. The van der Waals surface area contributed by atoms with Gasteiger partial charge < -0.3 is 5.11 Å². The molecule has 128 valence electrons. The fraction of sp³-hybridized carbons (Fsp3) is 0.375. The normalized spacial score (nSPS) is 22.0. The van der Waals surface area contributed by atoms with Gasteiger partial charge in [-0.3, -0.25) is 14.8 Å². The summed E-state index contributed by atoms with van der Waals surface area (Å²) >= 11 is 0. The Labute approximate surface area is 136 Å². The second kappa shape index (κ2) is 5.94. The maximum absolute atomic E-state index is 13.2. The quantitative estimate of drug-likeness (QED) is 0.899. The van der Waals surface area contributed by atoms with E-state index in [1.807, 2.05) is 30.3 Å². The Morgan fingerprint density at radius 2 is 2.04 bits per heavy atom. The summed E-state index contributed by atoms with van der Waals surface area (Å²) in [5, 5.41) is 15.9. The van der Waals surface area contributed by atoms with Crippen LogP contribution in [0.2, 0.25) is 0 Å². The SMILES string of the molecule is O=C(O)C1(C(F)(F)F)CCN(Cc2cn[nH]c2-c2ccccc2)C1. The summed E-state index contributed by atoms with van der Waals surface area (Å²) < 4.78 is 39.7. The summed E-state index contributed by atoms with van der Waals surface area (Å²) in [6, 6.07) is 9.32. The van der Waals surface area contributed by atoms with Crippen LogP contribution in [0.1, 0.15) is 12.0 Å². The Bertz CT molecular complexity index is 730. The van der Waals surface area contributed by atoms with E-state index in [2.05, 4.69) is 10.2 Å². The van der Waals surface area contributed by atoms with Crippen LogP contribution in [0.5, 0.6) is 0 Å². The van der Waals surface area contributed by atoms with Gasteiger partial charge in [-0.25, -0.2) is 0 Å². The van der Waals surface area contributed by atoms with Crippen molar-refractivity contribution in [3.63, 3.8) is 0 Å². The van der Waals surface area contributed by atoms with Gasteiger partial charge in [0.25, 0.3) is 0 Å². The van der Waals surface area contributed by atoms with Crippen molar-refractivity contribution >= 4 is 5.97 Å². The largest absolute Gasteiger partial charge is 0.481 e. The Morgan fingerprint density at radius 3 is 2.62 bits per heavy atom. The van der Waals surface area contributed by atoms with E-state index in [-0.39, 0.29) is 13.1 Å². The van der Waals surface area contributed by atoms with Crippen molar-refractivity contribution in [3.05, 3.63) is 42.1 Å². The molecule has 1 aliphatic rings. The summed E-state index contributed by atoms with van der Waals surface area (Å²) in [5.41, 5.74) is -0.339. The number of hydrogen-bond acceptors (Lipinski definition) is 3. The van der Waals surface area contributed by atoms with Crippen LogP contribution in [0.3, 0.4) is 0 Å².